The molecule has 2 amide bonds. The topological polar surface area (TPSA) is 123 Å². The van der Waals surface area contributed by atoms with Gasteiger partial charge in [-0.3, -0.25) is 9.59 Å². The maximum absolute atomic E-state index is 12.5. The summed E-state index contributed by atoms with van der Waals surface area (Å²) < 4.78 is 9.99. The van der Waals surface area contributed by atoms with E-state index in [2.05, 4.69) is 20.6 Å². The van der Waals surface area contributed by atoms with Gasteiger partial charge in [-0.15, -0.1) is 0 Å². The highest BCUT2D eigenvalue weighted by molar-refractivity contribution is 6.05. The number of anilines is 2. The molecule has 26 heavy (non-hydrogen) atoms. The number of benzene rings is 1. The molecule has 0 fully saturated rings. The first-order valence-corrected chi connectivity index (χ1v) is 7.82. The summed E-state index contributed by atoms with van der Waals surface area (Å²) in [6.07, 6.45) is 0.280. The van der Waals surface area contributed by atoms with E-state index in [1.54, 1.807) is 13.0 Å². The van der Waals surface area contributed by atoms with Crippen molar-refractivity contribution in [1.82, 2.24) is 9.97 Å². The van der Waals surface area contributed by atoms with Crippen LogP contribution in [0.4, 0.5) is 11.5 Å². The number of hydrogen-bond donors (Lipinski definition) is 3. The molecule has 9 nitrogen and oxygen atoms in total. The Balaban J connectivity index is 2.26. The number of methoxy groups -OCH3 is 2. The predicted molar refractivity (Wildman–Crippen MR) is 94.4 cm³/mol. The summed E-state index contributed by atoms with van der Waals surface area (Å²) in [6, 6.07) is 6.09. The first kappa shape index (κ1) is 19.1. The molecule has 0 atom stereocenters. The van der Waals surface area contributed by atoms with E-state index in [0.29, 0.717) is 11.3 Å². The molecule has 0 radical (unpaired) electrons. The first-order valence-electron chi connectivity index (χ1n) is 7.82. The average molecular weight is 360 g/mol. The van der Waals surface area contributed by atoms with Crippen molar-refractivity contribution in [3.05, 3.63) is 35.4 Å². The number of aliphatic hydroxyl groups excluding tert-OH is 1. The zero-order chi connectivity index (χ0) is 19.1. The van der Waals surface area contributed by atoms with Gasteiger partial charge in [0.05, 0.1) is 20.8 Å². The van der Waals surface area contributed by atoms with E-state index in [0.717, 1.165) is 0 Å². The highest BCUT2D eigenvalue weighted by Gasteiger charge is 2.13. The van der Waals surface area contributed by atoms with Gasteiger partial charge in [-0.1, -0.05) is 13.0 Å². The molecular formula is C17H20N4O5. The third-order valence-electron chi connectivity index (χ3n) is 3.45. The predicted octanol–water partition coefficient (Wildman–Crippen LogP) is 1.59. The molecule has 9 heteroatoms. The van der Waals surface area contributed by atoms with E-state index in [1.807, 2.05) is 0 Å². The lowest BCUT2D eigenvalue weighted by molar-refractivity contribution is -0.115. The Morgan fingerprint density at radius 3 is 2.50 bits per heavy atom. The first-order chi connectivity index (χ1) is 12.5. The fourth-order valence-corrected chi connectivity index (χ4v) is 2.06. The van der Waals surface area contributed by atoms with E-state index in [9.17, 15) is 14.7 Å². The van der Waals surface area contributed by atoms with Crippen molar-refractivity contribution in [3.8, 4) is 11.9 Å². The summed E-state index contributed by atoms with van der Waals surface area (Å²) in [5, 5.41) is 14.7. The zero-order valence-corrected chi connectivity index (χ0v) is 14.7. The molecule has 3 N–H and O–H groups in total. The normalized spacial score (nSPS) is 10.2. The summed E-state index contributed by atoms with van der Waals surface area (Å²) >= 11 is 0. The van der Waals surface area contributed by atoms with Crippen molar-refractivity contribution in [2.24, 2.45) is 0 Å². The zero-order valence-electron chi connectivity index (χ0n) is 14.7. The Bertz CT molecular complexity index is 787. The molecule has 0 aliphatic rings. The Hall–Kier alpha value is -3.20. The van der Waals surface area contributed by atoms with E-state index >= 15 is 0 Å². The Labute approximate surface area is 150 Å². The van der Waals surface area contributed by atoms with Crippen LogP contribution >= 0.6 is 0 Å². The molecule has 1 aromatic heterocycles. The Morgan fingerprint density at radius 1 is 1.12 bits per heavy atom. The van der Waals surface area contributed by atoms with Gasteiger partial charge in [-0.25, -0.2) is 0 Å². The monoisotopic (exact) mass is 360 g/mol. The second-order valence-electron chi connectivity index (χ2n) is 5.17. The van der Waals surface area contributed by atoms with E-state index in [-0.39, 0.29) is 42.2 Å². The van der Waals surface area contributed by atoms with Crippen molar-refractivity contribution in [2.45, 2.75) is 20.0 Å². The third-order valence-corrected chi connectivity index (χ3v) is 3.45. The molecule has 0 bridgehead atoms. The van der Waals surface area contributed by atoms with Gasteiger partial charge in [0.15, 0.2) is 0 Å². The average Bonchev–Trinajstić information content (AvgIpc) is 2.67. The number of aliphatic hydroxyl groups is 1. The minimum Gasteiger partial charge on any atom is -0.481 e. The Morgan fingerprint density at radius 2 is 1.88 bits per heavy atom. The lowest BCUT2D eigenvalue weighted by Gasteiger charge is -2.12. The minimum absolute atomic E-state index is 0.0474. The summed E-state index contributed by atoms with van der Waals surface area (Å²) in [6.45, 7) is 1.45. The number of ether oxygens (including phenoxy) is 2. The molecule has 0 unspecified atom stereocenters. The van der Waals surface area contributed by atoms with Crippen LogP contribution in [0, 0.1) is 0 Å². The summed E-state index contributed by atoms with van der Waals surface area (Å²) in [5.74, 6) is -0.241. The molecule has 0 saturated carbocycles. The van der Waals surface area contributed by atoms with E-state index < -0.39 is 5.91 Å². The van der Waals surface area contributed by atoms with Gasteiger partial charge in [0.25, 0.3) is 5.91 Å². The SMILES string of the molecule is CCC(=O)Nc1cc(C(=O)Nc2cc(OC)nc(OC)n2)ccc1CO. The number of nitrogens with zero attached hydrogens (tertiary/aromatic N) is 2. The second kappa shape index (κ2) is 8.77. The van der Waals surface area contributed by atoms with Gasteiger partial charge in [-0.2, -0.15) is 9.97 Å². The second-order valence-corrected chi connectivity index (χ2v) is 5.17. The van der Waals surface area contributed by atoms with Crippen LogP contribution in [0.5, 0.6) is 11.9 Å². The molecule has 1 aromatic carbocycles. The molecule has 2 rings (SSSR count). The maximum atomic E-state index is 12.5. The quantitative estimate of drug-likeness (QED) is 0.685. The Kier molecular flexibility index (Phi) is 6.45. The van der Waals surface area contributed by atoms with Crippen LogP contribution in [-0.4, -0.2) is 41.1 Å². The molecule has 0 saturated heterocycles. The summed E-state index contributed by atoms with van der Waals surface area (Å²) in [5.41, 5.74) is 1.17. The van der Waals surface area contributed by atoms with Gasteiger partial charge in [0, 0.05) is 29.3 Å². The van der Waals surface area contributed by atoms with Crippen LogP contribution in [0.3, 0.4) is 0 Å². The number of hydrogen-bond acceptors (Lipinski definition) is 7. The van der Waals surface area contributed by atoms with Crippen molar-refractivity contribution in [3.63, 3.8) is 0 Å². The van der Waals surface area contributed by atoms with Gasteiger partial charge >= 0.3 is 6.01 Å². The summed E-state index contributed by atoms with van der Waals surface area (Å²) in [7, 11) is 2.83. The largest absolute Gasteiger partial charge is 0.481 e. The van der Waals surface area contributed by atoms with Crippen LogP contribution < -0.4 is 20.1 Å². The molecule has 2 aromatic rings. The maximum Gasteiger partial charge on any atom is 0.321 e. The van der Waals surface area contributed by atoms with Gasteiger partial charge < -0.3 is 25.2 Å². The molecule has 1 heterocycles. The van der Waals surface area contributed by atoms with Crippen LogP contribution in [0.15, 0.2) is 24.3 Å². The van der Waals surface area contributed by atoms with Gasteiger partial charge in [0.2, 0.25) is 11.8 Å². The fraction of sp³-hybridized carbons (Fsp3) is 0.294. The molecule has 0 aliphatic heterocycles. The fourth-order valence-electron chi connectivity index (χ4n) is 2.06. The highest BCUT2D eigenvalue weighted by Crippen LogP contribution is 2.21. The minimum atomic E-state index is -0.454. The number of carbonyl (C=O) groups excluding carboxylic acids is 2. The molecule has 0 spiro atoms. The van der Waals surface area contributed by atoms with Crippen molar-refractivity contribution in [1.29, 1.82) is 0 Å². The van der Waals surface area contributed by atoms with Crippen LogP contribution in [-0.2, 0) is 11.4 Å². The smallest absolute Gasteiger partial charge is 0.321 e. The van der Waals surface area contributed by atoms with Crippen LogP contribution in [0.2, 0.25) is 0 Å². The number of amides is 2. The molecule has 138 valence electrons. The van der Waals surface area contributed by atoms with Crippen molar-refractivity contribution >= 4 is 23.3 Å². The lowest BCUT2D eigenvalue weighted by Crippen LogP contribution is -2.16. The molecule has 0 aliphatic carbocycles. The number of nitrogens with one attached hydrogen (secondary N) is 2. The van der Waals surface area contributed by atoms with Crippen LogP contribution in [0.1, 0.15) is 29.3 Å². The highest BCUT2D eigenvalue weighted by atomic mass is 16.5. The van der Waals surface area contributed by atoms with Gasteiger partial charge in [0.1, 0.15) is 5.82 Å². The number of rotatable bonds is 7. The van der Waals surface area contributed by atoms with Crippen molar-refractivity contribution < 1.29 is 24.2 Å². The van der Waals surface area contributed by atoms with Gasteiger partial charge in [-0.05, 0) is 12.1 Å². The molecular weight excluding hydrogens is 340 g/mol. The van der Waals surface area contributed by atoms with Crippen LogP contribution in [0.25, 0.3) is 0 Å². The standard InChI is InChI=1S/C17H20N4O5/c1-4-14(23)18-12-7-10(5-6-11(12)9-22)16(24)19-13-8-15(25-2)21-17(20-13)26-3/h5-8,22H,4,9H2,1-3H3,(H,18,23)(H,19,20,21,24). The summed E-state index contributed by atoms with van der Waals surface area (Å²) in [4.78, 5) is 32.1. The van der Waals surface area contributed by atoms with E-state index in [1.165, 1.54) is 32.4 Å². The van der Waals surface area contributed by atoms with E-state index in [4.69, 9.17) is 9.47 Å². The lowest BCUT2D eigenvalue weighted by atomic mass is 10.1. The number of aromatic nitrogens is 2. The van der Waals surface area contributed by atoms with Crippen molar-refractivity contribution in [2.75, 3.05) is 24.9 Å². The number of carbonyl (C=O) groups is 2. The third kappa shape index (κ3) is 4.67.